The van der Waals surface area contributed by atoms with Gasteiger partial charge < -0.3 is 20.6 Å². The van der Waals surface area contributed by atoms with Crippen molar-refractivity contribution in [3.05, 3.63) is 53.7 Å². The van der Waals surface area contributed by atoms with Crippen molar-refractivity contribution in [3.63, 3.8) is 0 Å². The number of benzene rings is 1. The van der Waals surface area contributed by atoms with E-state index in [9.17, 15) is 9.18 Å². The lowest BCUT2D eigenvalue weighted by molar-refractivity contribution is 0.0928. The molecular weight excluding hydrogens is 365 g/mol. The van der Waals surface area contributed by atoms with Gasteiger partial charge in [0.05, 0.1) is 17.1 Å². The first-order valence-corrected chi connectivity index (χ1v) is 8.43. The van der Waals surface area contributed by atoms with Gasteiger partial charge in [-0.2, -0.15) is 0 Å². The van der Waals surface area contributed by atoms with Crippen molar-refractivity contribution in [1.29, 1.82) is 0 Å². The summed E-state index contributed by atoms with van der Waals surface area (Å²) in [5, 5.41) is 6.76. The molecule has 1 atom stereocenters. The van der Waals surface area contributed by atoms with E-state index in [1.807, 2.05) is 0 Å². The van der Waals surface area contributed by atoms with E-state index < -0.39 is 18.6 Å². The van der Waals surface area contributed by atoms with Crippen molar-refractivity contribution in [3.8, 4) is 11.5 Å². The largest absolute Gasteiger partial charge is 0.384 e. The average Bonchev–Trinajstić information content (AvgIpc) is 3.34. The van der Waals surface area contributed by atoms with Gasteiger partial charge in [-0.25, -0.2) is 19.3 Å². The number of aromatic nitrogens is 5. The van der Waals surface area contributed by atoms with Gasteiger partial charge in [0.2, 0.25) is 0 Å². The predicted octanol–water partition coefficient (Wildman–Crippen LogP) is 2.55. The Labute approximate surface area is 158 Å². The van der Waals surface area contributed by atoms with E-state index in [4.69, 9.17) is 10.3 Å². The molecule has 0 spiro atoms. The van der Waals surface area contributed by atoms with Crippen LogP contribution in [0.3, 0.4) is 0 Å². The number of imidazole rings is 1. The number of fused-ring (bicyclic) bond motifs is 1. The van der Waals surface area contributed by atoms with E-state index >= 15 is 0 Å². The van der Waals surface area contributed by atoms with Crippen LogP contribution < -0.4 is 11.1 Å². The molecule has 0 aliphatic carbocycles. The molecule has 3 aromatic heterocycles. The molecule has 0 radical (unpaired) electrons. The Hall–Kier alpha value is -3.82. The molecular formula is C18H16FN7O2. The molecule has 0 saturated heterocycles. The number of anilines is 1. The van der Waals surface area contributed by atoms with Crippen LogP contribution >= 0.6 is 0 Å². The summed E-state index contributed by atoms with van der Waals surface area (Å²) >= 11 is 0. The van der Waals surface area contributed by atoms with E-state index in [-0.39, 0.29) is 11.5 Å². The quantitative estimate of drug-likeness (QED) is 0.483. The van der Waals surface area contributed by atoms with Crippen LogP contribution in [-0.4, -0.2) is 31.0 Å². The van der Waals surface area contributed by atoms with Crippen molar-refractivity contribution in [1.82, 2.24) is 30.4 Å². The maximum absolute atomic E-state index is 12.8. The number of carbonyl (C=O) groups is 1. The first-order chi connectivity index (χ1) is 13.5. The zero-order valence-corrected chi connectivity index (χ0v) is 14.8. The van der Waals surface area contributed by atoms with Crippen LogP contribution in [0.5, 0.6) is 0 Å². The third-order valence-electron chi connectivity index (χ3n) is 4.17. The molecule has 0 saturated carbocycles. The van der Waals surface area contributed by atoms with Gasteiger partial charge in [0.1, 0.15) is 30.2 Å². The van der Waals surface area contributed by atoms with Crippen LogP contribution in [-0.2, 0) is 6.67 Å². The van der Waals surface area contributed by atoms with Gasteiger partial charge in [-0.1, -0.05) is 11.2 Å². The Bertz CT molecular complexity index is 1150. The van der Waals surface area contributed by atoms with Crippen LogP contribution in [0.25, 0.3) is 22.6 Å². The summed E-state index contributed by atoms with van der Waals surface area (Å²) in [6.45, 7) is 1.20. The molecule has 1 aromatic carbocycles. The van der Waals surface area contributed by atoms with Gasteiger partial charge in [-0.15, -0.1) is 0 Å². The maximum atomic E-state index is 12.8. The minimum absolute atomic E-state index is 0.153. The average molecular weight is 381 g/mol. The topological polar surface area (TPSA) is 136 Å². The van der Waals surface area contributed by atoms with Crippen LogP contribution in [0.4, 0.5) is 10.2 Å². The normalized spacial score (nSPS) is 12.2. The lowest BCUT2D eigenvalue weighted by atomic mass is 10.2. The van der Waals surface area contributed by atoms with Gasteiger partial charge in [-0.3, -0.25) is 4.79 Å². The van der Waals surface area contributed by atoms with E-state index in [0.29, 0.717) is 33.9 Å². The zero-order valence-electron chi connectivity index (χ0n) is 14.8. The maximum Gasteiger partial charge on any atom is 0.270 e. The second kappa shape index (κ2) is 7.06. The zero-order chi connectivity index (χ0) is 19.7. The Balaban J connectivity index is 1.53. The number of nitrogens with zero attached hydrogens (tertiary/aromatic N) is 4. The number of carbonyl (C=O) groups excluding carboxylic acids is 1. The van der Waals surface area contributed by atoms with Crippen molar-refractivity contribution >= 4 is 22.8 Å². The predicted molar refractivity (Wildman–Crippen MR) is 98.7 cm³/mol. The molecule has 0 bridgehead atoms. The van der Waals surface area contributed by atoms with E-state index in [1.54, 1.807) is 31.2 Å². The molecule has 9 nitrogen and oxygen atoms in total. The van der Waals surface area contributed by atoms with Gasteiger partial charge in [0.15, 0.2) is 11.6 Å². The highest BCUT2D eigenvalue weighted by Crippen LogP contribution is 2.24. The number of nitrogens with two attached hydrogens (primary N) is 1. The number of alkyl halides is 1. The van der Waals surface area contributed by atoms with Crippen LogP contribution in [0.1, 0.15) is 34.8 Å². The first kappa shape index (κ1) is 17.6. The number of hydrogen-bond donors (Lipinski definition) is 3. The van der Waals surface area contributed by atoms with Crippen molar-refractivity contribution in [2.75, 3.05) is 5.73 Å². The van der Waals surface area contributed by atoms with E-state index in [2.05, 4.69) is 30.4 Å². The van der Waals surface area contributed by atoms with Crippen LogP contribution in [0.2, 0.25) is 0 Å². The van der Waals surface area contributed by atoms with Gasteiger partial charge >= 0.3 is 0 Å². The monoisotopic (exact) mass is 381 g/mol. The molecule has 10 heteroatoms. The number of nitrogen functional groups attached to an aromatic ring is 1. The summed E-state index contributed by atoms with van der Waals surface area (Å²) in [4.78, 5) is 27.4. The Morgan fingerprint density at radius 1 is 1.32 bits per heavy atom. The molecule has 0 aliphatic heterocycles. The molecule has 4 rings (SSSR count). The summed E-state index contributed by atoms with van der Waals surface area (Å²) in [7, 11) is 0. The summed E-state index contributed by atoms with van der Waals surface area (Å²) in [5.41, 5.74) is 8.15. The van der Waals surface area contributed by atoms with E-state index in [0.717, 1.165) is 0 Å². The fourth-order valence-corrected chi connectivity index (χ4v) is 2.70. The van der Waals surface area contributed by atoms with Crippen molar-refractivity contribution < 1.29 is 13.7 Å². The summed E-state index contributed by atoms with van der Waals surface area (Å²) < 4.78 is 18.2. The van der Waals surface area contributed by atoms with Crippen molar-refractivity contribution in [2.45, 2.75) is 19.6 Å². The standard InChI is InChI=1S/C18H16FN7O2/c1-9(23-18(27)14-6-16(20)22-8-21-14)15-5-13(26-28-15)17-24-11-3-2-10(7-19)4-12(11)25-17/h2-6,8-9H,7H2,1H3,(H,23,27)(H,24,25)(H2,20,21,22)/t9-/m0/s1. The summed E-state index contributed by atoms with van der Waals surface area (Å²) in [6, 6.07) is 7.71. The minimum Gasteiger partial charge on any atom is -0.384 e. The fourth-order valence-electron chi connectivity index (χ4n) is 2.70. The van der Waals surface area contributed by atoms with Crippen molar-refractivity contribution in [2.24, 2.45) is 0 Å². The van der Waals surface area contributed by atoms with Gasteiger partial charge in [0, 0.05) is 12.1 Å². The highest BCUT2D eigenvalue weighted by atomic mass is 19.1. The first-order valence-electron chi connectivity index (χ1n) is 8.43. The highest BCUT2D eigenvalue weighted by molar-refractivity contribution is 5.93. The molecule has 142 valence electrons. The van der Waals surface area contributed by atoms with E-state index in [1.165, 1.54) is 12.4 Å². The molecule has 0 aliphatic rings. The lowest BCUT2D eigenvalue weighted by Gasteiger charge is -2.09. The number of amides is 1. The molecule has 28 heavy (non-hydrogen) atoms. The molecule has 0 fully saturated rings. The number of H-pyrrole nitrogens is 1. The van der Waals surface area contributed by atoms with Gasteiger partial charge in [-0.05, 0) is 24.6 Å². The molecule has 1 amide bonds. The Morgan fingerprint density at radius 3 is 2.96 bits per heavy atom. The second-order valence-corrected chi connectivity index (χ2v) is 6.21. The smallest absolute Gasteiger partial charge is 0.270 e. The number of halogens is 1. The van der Waals surface area contributed by atoms with Gasteiger partial charge in [0.25, 0.3) is 5.91 Å². The number of rotatable bonds is 5. The minimum atomic E-state index is -0.548. The molecule has 0 unspecified atom stereocenters. The fraction of sp³-hybridized carbons (Fsp3) is 0.167. The highest BCUT2D eigenvalue weighted by Gasteiger charge is 2.19. The summed E-state index contributed by atoms with van der Waals surface area (Å²) in [5.74, 6) is 0.719. The number of nitrogens with one attached hydrogen (secondary N) is 2. The van der Waals surface area contributed by atoms with Crippen LogP contribution in [0.15, 0.2) is 41.2 Å². The lowest BCUT2D eigenvalue weighted by Crippen LogP contribution is -2.27. The second-order valence-electron chi connectivity index (χ2n) is 6.21. The number of hydrogen-bond acceptors (Lipinski definition) is 7. The Kier molecular flexibility index (Phi) is 4.44. The molecule has 4 N–H and O–H groups in total. The third-order valence-corrected chi connectivity index (χ3v) is 4.17. The third kappa shape index (κ3) is 3.39. The SMILES string of the molecule is C[C@H](NC(=O)c1cc(N)ncn1)c1cc(-c2nc3ccc(CF)cc3[nH]2)no1. The summed E-state index contributed by atoms with van der Waals surface area (Å²) in [6.07, 6.45) is 1.22. The Morgan fingerprint density at radius 2 is 2.18 bits per heavy atom. The molecule has 3 heterocycles. The van der Waals surface area contributed by atoms with Crippen LogP contribution in [0, 0.1) is 0 Å². The number of aromatic amines is 1. The molecule has 4 aromatic rings.